The fourth-order valence-corrected chi connectivity index (χ4v) is 2.88. The van der Waals surface area contributed by atoms with Crippen LogP contribution in [-0.4, -0.2) is 41.2 Å². The fourth-order valence-electron chi connectivity index (χ4n) is 2.41. The lowest BCUT2D eigenvalue weighted by Crippen LogP contribution is -2.45. The number of halogens is 3. The molecule has 2 aromatic carbocycles. The van der Waals surface area contributed by atoms with Crippen molar-refractivity contribution >= 4 is 29.8 Å². The molecule has 1 atom stereocenters. The van der Waals surface area contributed by atoms with Crippen LogP contribution in [0.2, 0.25) is 0 Å². The van der Waals surface area contributed by atoms with Crippen molar-refractivity contribution in [2.75, 3.05) is 12.0 Å². The normalized spacial score (nSPS) is 12.5. The van der Waals surface area contributed by atoms with Gasteiger partial charge >= 0.3 is 6.18 Å². The number of nitrogens with zero attached hydrogens (tertiary/aromatic N) is 1. The van der Waals surface area contributed by atoms with E-state index < -0.39 is 29.6 Å². The Hall–Kier alpha value is -3.01. The van der Waals surface area contributed by atoms with Crippen LogP contribution in [0.25, 0.3) is 0 Å². The van der Waals surface area contributed by atoms with E-state index in [9.17, 15) is 27.9 Å². The quantitative estimate of drug-likeness (QED) is 0.434. The maximum absolute atomic E-state index is 12.7. The number of phenolic OH excluding ortho intramolecular Hbond substituents is 1. The molecule has 6 nitrogen and oxygen atoms in total. The summed E-state index contributed by atoms with van der Waals surface area (Å²) >= 11 is 1.47. The van der Waals surface area contributed by atoms with E-state index in [0.29, 0.717) is 17.7 Å². The summed E-state index contributed by atoms with van der Waals surface area (Å²) in [5.74, 6) is -0.614. The second kappa shape index (κ2) is 10.7. The zero-order valence-corrected chi connectivity index (χ0v) is 16.8. The molecule has 1 unspecified atom stereocenters. The summed E-state index contributed by atoms with van der Waals surface area (Å²) in [4.78, 5) is 24.8. The minimum Gasteiger partial charge on any atom is -0.508 e. The number of rotatable bonds is 8. The third-order valence-electron chi connectivity index (χ3n) is 3.97. The number of hydrogen-bond acceptors (Lipinski definition) is 5. The number of phenols is 1. The highest BCUT2D eigenvalue weighted by Crippen LogP contribution is 2.29. The van der Waals surface area contributed by atoms with Gasteiger partial charge in [0.25, 0.3) is 11.8 Å². The lowest BCUT2D eigenvalue weighted by molar-refractivity contribution is -0.137. The van der Waals surface area contributed by atoms with Crippen LogP contribution in [0.4, 0.5) is 13.2 Å². The van der Waals surface area contributed by atoms with Gasteiger partial charge < -0.3 is 10.4 Å². The number of aromatic hydroxyl groups is 1. The second-order valence-electron chi connectivity index (χ2n) is 6.21. The maximum atomic E-state index is 12.7. The van der Waals surface area contributed by atoms with Crippen LogP contribution in [0.1, 0.15) is 27.9 Å². The number of hydrogen-bond donors (Lipinski definition) is 3. The summed E-state index contributed by atoms with van der Waals surface area (Å²) < 4.78 is 38.0. The van der Waals surface area contributed by atoms with E-state index in [1.807, 2.05) is 6.26 Å². The molecular weight excluding hydrogens is 419 g/mol. The first-order valence-electron chi connectivity index (χ1n) is 8.79. The van der Waals surface area contributed by atoms with Crippen molar-refractivity contribution in [3.05, 3.63) is 65.2 Å². The molecule has 0 radical (unpaired) electrons. The average molecular weight is 439 g/mol. The smallest absolute Gasteiger partial charge is 0.416 e. The van der Waals surface area contributed by atoms with Crippen molar-refractivity contribution < 1.29 is 27.9 Å². The number of benzene rings is 2. The SMILES string of the molecule is CSCCC(NC(=O)c1ccc(C(F)(F)F)cc1)C(=O)NN=Cc1cccc(O)c1. The summed E-state index contributed by atoms with van der Waals surface area (Å²) in [6.45, 7) is 0. The predicted molar refractivity (Wildman–Crippen MR) is 110 cm³/mol. The first kappa shape index (κ1) is 23.3. The third kappa shape index (κ3) is 7.11. The van der Waals surface area contributed by atoms with Crippen LogP contribution < -0.4 is 10.7 Å². The summed E-state index contributed by atoms with van der Waals surface area (Å²) in [5, 5.41) is 15.8. The Morgan fingerprint density at radius 2 is 1.90 bits per heavy atom. The van der Waals surface area contributed by atoms with Crippen LogP contribution in [0, 0.1) is 0 Å². The molecule has 0 fully saturated rings. The fraction of sp³-hybridized carbons (Fsp3) is 0.250. The molecule has 0 aliphatic rings. The van der Waals surface area contributed by atoms with Gasteiger partial charge in [0.15, 0.2) is 0 Å². The number of nitrogens with one attached hydrogen (secondary N) is 2. The lowest BCUT2D eigenvalue weighted by atomic mass is 10.1. The molecular formula is C20H20F3N3O3S. The Balaban J connectivity index is 2.03. The Morgan fingerprint density at radius 3 is 2.50 bits per heavy atom. The van der Waals surface area contributed by atoms with E-state index >= 15 is 0 Å². The molecule has 3 N–H and O–H groups in total. The number of thioether (sulfide) groups is 1. The van der Waals surface area contributed by atoms with Crippen molar-refractivity contribution in [1.29, 1.82) is 0 Å². The molecule has 2 amide bonds. The lowest BCUT2D eigenvalue weighted by Gasteiger charge is -2.17. The Morgan fingerprint density at radius 1 is 1.20 bits per heavy atom. The van der Waals surface area contributed by atoms with Gasteiger partial charge in [-0.15, -0.1) is 0 Å². The van der Waals surface area contributed by atoms with Gasteiger partial charge in [-0.2, -0.15) is 30.0 Å². The zero-order valence-electron chi connectivity index (χ0n) is 15.9. The van der Waals surface area contributed by atoms with Gasteiger partial charge in [-0.25, -0.2) is 5.43 Å². The summed E-state index contributed by atoms with van der Waals surface area (Å²) in [6.07, 6.45) is -1.02. The van der Waals surface area contributed by atoms with Crippen molar-refractivity contribution in [1.82, 2.24) is 10.7 Å². The molecule has 30 heavy (non-hydrogen) atoms. The highest BCUT2D eigenvalue weighted by Gasteiger charge is 2.30. The van der Waals surface area contributed by atoms with E-state index in [1.165, 1.54) is 30.1 Å². The average Bonchev–Trinajstić information content (AvgIpc) is 2.70. The third-order valence-corrected chi connectivity index (χ3v) is 4.61. The molecule has 160 valence electrons. The Bertz CT molecular complexity index is 902. The van der Waals surface area contributed by atoms with E-state index in [4.69, 9.17) is 0 Å². The molecule has 0 bridgehead atoms. The molecule has 2 aromatic rings. The molecule has 0 aliphatic heterocycles. The first-order chi connectivity index (χ1) is 14.2. The molecule has 0 spiro atoms. The monoisotopic (exact) mass is 439 g/mol. The van der Waals surface area contributed by atoms with Crippen LogP contribution in [0.3, 0.4) is 0 Å². The predicted octanol–water partition coefficient (Wildman–Crippen LogP) is 3.41. The topological polar surface area (TPSA) is 90.8 Å². The van der Waals surface area contributed by atoms with E-state index in [-0.39, 0.29) is 11.3 Å². The van der Waals surface area contributed by atoms with Crippen molar-refractivity contribution in [3.63, 3.8) is 0 Å². The molecule has 0 aliphatic carbocycles. The number of alkyl halides is 3. The first-order valence-corrected chi connectivity index (χ1v) is 10.2. The molecule has 0 aromatic heterocycles. The number of carbonyl (C=O) groups is 2. The maximum Gasteiger partial charge on any atom is 0.416 e. The molecule has 0 saturated heterocycles. The minimum atomic E-state index is -4.50. The number of amides is 2. The number of hydrazone groups is 1. The summed E-state index contributed by atoms with van der Waals surface area (Å²) in [5.41, 5.74) is 2.03. The Kier molecular flexibility index (Phi) is 8.28. The van der Waals surface area contributed by atoms with Gasteiger partial charge in [0.2, 0.25) is 0 Å². The number of carbonyl (C=O) groups excluding carboxylic acids is 2. The molecule has 10 heteroatoms. The van der Waals surface area contributed by atoms with Gasteiger partial charge in [0, 0.05) is 5.56 Å². The van der Waals surface area contributed by atoms with Gasteiger partial charge in [-0.05, 0) is 60.4 Å². The van der Waals surface area contributed by atoms with Crippen molar-refractivity contribution in [2.24, 2.45) is 5.10 Å². The molecule has 0 heterocycles. The summed E-state index contributed by atoms with van der Waals surface area (Å²) in [7, 11) is 0. The van der Waals surface area contributed by atoms with Gasteiger partial charge in [-0.3, -0.25) is 9.59 Å². The van der Waals surface area contributed by atoms with E-state index in [0.717, 1.165) is 24.3 Å². The van der Waals surface area contributed by atoms with Crippen LogP contribution in [0.15, 0.2) is 53.6 Å². The van der Waals surface area contributed by atoms with Crippen LogP contribution in [-0.2, 0) is 11.0 Å². The van der Waals surface area contributed by atoms with Gasteiger partial charge in [-0.1, -0.05) is 12.1 Å². The van der Waals surface area contributed by atoms with Crippen LogP contribution >= 0.6 is 11.8 Å². The highest BCUT2D eigenvalue weighted by molar-refractivity contribution is 7.98. The molecule has 0 saturated carbocycles. The molecule has 2 rings (SSSR count). The zero-order chi connectivity index (χ0) is 22.1. The van der Waals surface area contributed by atoms with Crippen molar-refractivity contribution in [3.8, 4) is 5.75 Å². The van der Waals surface area contributed by atoms with E-state index in [1.54, 1.807) is 12.1 Å². The van der Waals surface area contributed by atoms with Gasteiger partial charge in [0.05, 0.1) is 11.8 Å². The van der Waals surface area contributed by atoms with Crippen LogP contribution in [0.5, 0.6) is 5.75 Å². The summed E-state index contributed by atoms with van der Waals surface area (Å²) in [6, 6.07) is 9.05. The van der Waals surface area contributed by atoms with Gasteiger partial charge in [0.1, 0.15) is 11.8 Å². The van der Waals surface area contributed by atoms with Crippen molar-refractivity contribution in [2.45, 2.75) is 18.6 Å². The highest BCUT2D eigenvalue weighted by atomic mass is 32.2. The standard InChI is InChI=1S/C20H20F3N3O3S/c1-30-10-9-17(19(29)26-24-12-13-3-2-4-16(27)11-13)25-18(28)14-5-7-15(8-6-14)20(21,22)23/h2-8,11-12,17,27H,9-10H2,1H3,(H,25,28)(H,26,29). The minimum absolute atomic E-state index is 0.00761. The largest absolute Gasteiger partial charge is 0.508 e. The van der Waals surface area contributed by atoms with E-state index in [2.05, 4.69) is 15.8 Å². The second-order valence-corrected chi connectivity index (χ2v) is 7.20. The Labute approximate surface area is 175 Å².